The Bertz CT molecular complexity index is 847. The van der Waals surface area contributed by atoms with Crippen LogP contribution in [0.5, 0.6) is 5.75 Å². The van der Waals surface area contributed by atoms with Crippen molar-refractivity contribution in [3.05, 3.63) is 44.6 Å². The van der Waals surface area contributed by atoms with E-state index in [0.29, 0.717) is 22.9 Å². The molecule has 0 fully saturated rings. The van der Waals surface area contributed by atoms with Gasteiger partial charge in [-0.2, -0.15) is 0 Å². The quantitative estimate of drug-likeness (QED) is 0.859. The van der Waals surface area contributed by atoms with Gasteiger partial charge in [0.1, 0.15) is 5.75 Å². The highest BCUT2D eigenvalue weighted by Crippen LogP contribution is 2.34. The average molecular weight is 393 g/mol. The van der Waals surface area contributed by atoms with Gasteiger partial charge in [0.15, 0.2) is 0 Å². The number of rotatable bonds is 4. The molecule has 0 spiro atoms. The fourth-order valence-electron chi connectivity index (χ4n) is 3.06. The number of amides is 2. The zero-order valence-corrected chi connectivity index (χ0v) is 16.5. The monoisotopic (exact) mass is 392 g/mol. The van der Waals surface area contributed by atoms with E-state index in [0.717, 1.165) is 23.3 Å². The molecule has 3 rings (SSSR count). The number of fused-ring (bicyclic) bond motifs is 1. The molecule has 1 N–H and O–H groups in total. The van der Waals surface area contributed by atoms with E-state index in [4.69, 9.17) is 16.3 Å². The van der Waals surface area contributed by atoms with Crippen molar-refractivity contribution in [3.8, 4) is 5.75 Å². The van der Waals surface area contributed by atoms with Crippen LogP contribution in [0.1, 0.15) is 26.5 Å². The van der Waals surface area contributed by atoms with Crippen LogP contribution in [-0.4, -0.2) is 37.9 Å². The van der Waals surface area contributed by atoms with Crippen LogP contribution in [0.25, 0.3) is 0 Å². The molecule has 0 saturated carbocycles. The summed E-state index contributed by atoms with van der Waals surface area (Å²) in [5, 5.41) is 3.39. The van der Waals surface area contributed by atoms with Crippen molar-refractivity contribution in [2.45, 2.75) is 19.3 Å². The number of aryl methyl sites for hydroxylation is 1. The number of benzene rings is 1. The lowest BCUT2D eigenvalue weighted by atomic mass is 9.87. The molecule has 1 atom stereocenters. The average Bonchev–Trinajstić information content (AvgIpc) is 3.04. The Morgan fingerprint density at radius 3 is 2.73 bits per heavy atom. The second-order valence-electron chi connectivity index (χ2n) is 6.54. The van der Waals surface area contributed by atoms with Gasteiger partial charge in [-0.15, -0.1) is 11.3 Å². The fourth-order valence-corrected chi connectivity index (χ4v) is 4.55. The lowest BCUT2D eigenvalue weighted by molar-refractivity contribution is -0.120. The van der Waals surface area contributed by atoms with Gasteiger partial charge in [0, 0.05) is 30.6 Å². The van der Waals surface area contributed by atoms with E-state index < -0.39 is 0 Å². The summed E-state index contributed by atoms with van der Waals surface area (Å²) < 4.78 is 5.12. The highest BCUT2D eigenvalue weighted by Gasteiger charge is 2.28. The van der Waals surface area contributed by atoms with Crippen molar-refractivity contribution in [1.29, 1.82) is 0 Å². The van der Waals surface area contributed by atoms with Crippen molar-refractivity contribution in [2.75, 3.05) is 26.5 Å². The van der Waals surface area contributed by atoms with E-state index >= 15 is 0 Å². The molecule has 26 heavy (non-hydrogen) atoms. The molecule has 1 aromatic carbocycles. The molecule has 1 aromatic heterocycles. The van der Waals surface area contributed by atoms with E-state index in [1.807, 2.05) is 6.07 Å². The SMILES string of the molecule is COc1ccc(NC(=O)[C@H]2CCc3sc(C(=O)N(C)C)cc3C2)cc1Cl. The number of ether oxygens (including phenoxy) is 1. The number of carbonyl (C=O) groups excluding carboxylic acids is 2. The molecule has 5 nitrogen and oxygen atoms in total. The van der Waals surface area contributed by atoms with E-state index in [2.05, 4.69) is 5.32 Å². The van der Waals surface area contributed by atoms with Gasteiger partial charge in [-0.1, -0.05) is 11.6 Å². The molecular formula is C19H21ClN2O3S. The second kappa shape index (κ2) is 7.68. The number of carbonyl (C=O) groups is 2. The summed E-state index contributed by atoms with van der Waals surface area (Å²) in [6.45, 7) is 0. The van der Waals surface area contributed by atoms with Crippen LogP contribution in [0, 0.1) is 5.92 Å². The Labute approximate surface area is 161 Å². The number of methoxy groups -OCH3 is 1. The number of hydrogen-bond donors (Lipinski definition) is 1. The molecule has 0 saturated heterocycles. The molecule has 0 bridgehead atoms. The standard InChI is InChI=1S/C19H21ClN2O3S/c1-22(2)19(24)17-9-12-8-11(4-7-16(12)26-17)18(23)21-13-5-6-15(25-3)14(20)10-13/h5-6,9-11H,4,7-8H2,1-3H3,(H,21,23)/t11-/m0/s1. The minimum absolute atomic E-state index is 0.0123. The first-order valence-corrected chi connectivity index (χ1v) is 9.56. The molecule has 7 heteroatoms. The maximum Gasteiger partial charge on any atom is 0.263 e. The minimum atomic E-state index is -0.111. The van der Waals surface area contributed by atoms with Gasteiger partial charge in [-0.25, -0.2) is 0 Å². The molecule has 0 unspecified atom stereocenters. The Morgan fingerprint density at radius 2 is 2.08 bits per heavy atom. The maximum absolute atomic E-state index is 12.6. The molecule has 2 amide bonds. The molecule has 1 aliphatic rings. The number of hydrogen-bond acceptors (Lipinski definition) is 4. The first-order valence-electron chi connectivity index (χ1n) is 8.36. The van der Waals surface area contributed by atoms with Gasteiger partial charge in [-0.05, 0) is 49.1 Å². The van der Waals surface area contributed by atoms with Crippen LogP contribution in [-0.2, 0) is 17.6 Å². The zero-order chi connectivity index (χ0) is 18.8. The number of halogens is 1. The van der Waals surface area contributed by atoms with Crippen molar-refractivity contribution in [1.82, 2.24) is 4.90 Å². The highest BCUT2D eigenvalue weighted by atomic mass is 35.5. The van der Waals surface area contributed by atoms with Crippen LogP contribution in [0.2, 0.25) is 5.02 Å². The molecule has 1 aliphatic carbocycles. The Hall–Kier alpha value is -2.05. The van der Waals surface area contributed by atoms with Crippen molar-refractivity contribution in [2.24, 2.45) is 5.92 Å². The molecule has 0 radical (unpaired) electrons. The topological polar surface area (TPSA) is 58.6 Å². The van der Waals surface area contributed by atoms with Crippen LogP contribution in [0.4, 0.5) is 5.69 Å². The van der Waals surface area contributed by atoms with E-state index in [9.17, 15) is 9.59 Å². The molecular weight excluding hydrogens is 372 g/mol. The van der Waals surface area contributed by atoms with Gasteiger partial charge in [0.2, 0.25) is 5.91 Å². The van der Waals surface area contributed by atoms with E-state index in [-0.39, 0.29) is 17.7 Å². The summed E-state index contributed by atoms with van der Waals surface area (Å²) in [6.07, 6.45) is 2.25. The second-order valence-corrected chi connectivity index (χ2v) is 8.08. The van der Waals surface area contributed by atoms with Gasteiger partial charge in [0.25, 0.3) is 5.91 Å². The van der Waals surface area contributed by atoms with Crippen molar-refractivity contribution >= 4 is 40.4 Å². The Balaban J connectivity index is 1.69. The summed E-state index contributed by atoms with van der Waals surface area (Å²) in [5.74, 6) is 0.450. The first-order chi connectivity index (χ1) is 12.4. The molecule has 138 valence electrons. The van der Waals surface area contributed by atoms with Gasteiger partial charge < -0.3 is 15.0 Å². The van der Waals surface area contributed by atoms with E-state index in [1.54, 1.807) is 55.6 Å². The van der Waals surface area contributed by atoms with Crippen LogP contribution >= 0.6 is 22.9 Å². The predicted octanol–water partition coefficient (Wildman–Crippen LogP) is 3.86. The summed E-state index contributed by atoms with van der Waals surface area (Å²) in [6, 6.07) is 7.13. The van der Waals surface area contributed by atoms with Gasteiger partial charge >= 0.3 is 0 Å². The minimum Gasteiger partial charge on any atom is -0.495 e. The number of nitrogens with one attached hydrogen (secondary N) is 1. The summed E-state index contributed by atoms with van der Waals surface area (Å²) in [5.41, 5.74) is 1.76. The van der Waals surface area contributed by atoms with Crippen LogP contribution in [0.15, 0.2) is 24.3 Å². The van der Waals surface area contributed by atoms with Gasteiger partial charge in [-0.3, -0.25) is 9.59 Å². The van der Waals surface area contributed by atoms with Gasteiger partial charge in [0.05, 0.1) is 17.0 Å². The lowest BCUT2D eigenvalue weighted by Crippen LogP contribution is -2.27. The predicted molar refractivity (Wildman–Crippen MR) is 104 cm³/mol. The normalized spacial score (nSPS) is 15.9. The highest BCUT2D eigenvalue weighted by molar-refractivity contribution is 7.14. The zero-order valence-electron chi connectivity index (χ0n) is 15.0. The largest absolute Gasteiger partial charge is 0.495 e. The lowest BCUT2D eigenvalue weighted by Gasteiger charge is -2.21. The van der Waals surface area contributed by atoms with Crippen LogP contribution in [0.3, 0.4) is 0 Å². The smallest absolute Gasteiger partial charge is 0.263 e. The fraction of sp³-hybridized carbons (Fsp3) is 0.368. The third kappa shape index (κ3) is 3.86. The maximum atomic E-state index is 12.6. The first kappa shape index (κ1) is 18.7. The molecule has 2 aromatic rings. The summed E-state index contributed by atoms with van der Waals surface area (Å²) in [7, 11) is 5.05. The third-order valence-corrected chi connectivity index (χ3v) is 6.01. The van der Waals surface area contributed by atoms with E-state index in [1.165, 1.54) is 4.88 Å². The third-order valence-electron chi connectivity index (χ3n) is 4.49. The number of anilines is 1. The Morgan fingerprint density at radius 1 is 1.31 bits per heavy atom. The van der Waals surface area contributed by atoms with Crippen molar-refractivity contribution in [3.63, 3.8) is 0 Å². The summed E-state index contributed by atoms with van der Waals surface area (Å²) >= 11 is 7.65. The number of nitrogens with zero attached hydrogens (tertiary/aromatic N) is 1. The van der Waals surface area contributed by atoms with Crippen molar-refractivity contribution < 1.29 is 14.3 Å². The Kier molecular flexibility index (Phi) is 5.53. The molecule has 0 aliphatic heterocycles. The molecule has 1 heterocycles. The van der Waals surface area contributed by atoms with Crippen LogP contribution < -0.4 is 10.1 Å². The summed E-state index contributed by atoms with van der Waals surface area (Å²) in [4.78, 5) is 28.3. The number of thiophene rings is 1.